The number of piperazine rings is 1. The van der Waals surface area contributed by atoms with Gasteiger partial charge in [0.05, 0.1) is 0 Å². The van der Waals surface area contributed by atoms with Crippen molar-refractivity contribution in [3.8, 4) is 0 Å². The summed E-state index contributed by atoms with van der Waals surface area (Å²) in [5.74, 6) is -0.237. The fraction of sp³-hybridized carbons (Fsp3) is 0.455. The molecule has 29 heavy (non-hydrogen) atoms. The topological polar surface area (TPSA) is 52.7 Å². The summed E-state index contributed by atoms with van der Waals surface area (Å²) in [6.07, 6.45) is 1.05. The predicted octanol–water partition coefficient (Wildman–Crippen LogP) is 3.54. The number of thiophene rings is 1. The first-order valence-corrected chi connectivity index (χ1v) is 11.3. The van der Waals surface area contributed by atoms with Crippen LogP contribution >= 0.6 is 22.9 Å². The van der Waals surface area contributed by atoms with Gasteiger partial charge in [-0.05, 0) is 48.1 Å². The molecule has 1 N–H and O–H groups in total. The number of hydrogen-bond acceptors (Lipinski definition) is 4. The van der Waals surface area contributed by atoms with Gasteiger partial charge in [0.1, 0.15) is 6.04 Å². The molecule has 2 heterocycles. The maximum absolute atomic E-state index is 13.1. The van der Waals surface area contributed by atoms with E-state index in [0.29, 0.717) is 23.7 Å². The van der Waals surface area contributed by atoms with Crippen LogP contribution in [0.25, 0.3) is 0 Å². The maximum atomic E-state index is 13.1. The van der Waals surface area contributed by atoms with Crippen molar-refractivity contribution in [1.82, 2.24) is 15.1 Å². The molecule has 2 amide bonds. The zero-order valence-corrected chi connectivity index (χ0v) is 18.5. The Labute approximate surface area is 181 Å². The molecule has 0 saturated carbocycles. The Morgan fingerprint density at radius 3 is 2.38 bits per heavy atom. The molecular weight excluding hydrogens is 406 g/mol. The first kappa shape index (κ1) is 21.8. The van der Waals surface area contributed by atoms with Crippen LogP contribution in [0.3, 0.4) is 0 Å². The minimum Gasteiger partial charge on any atom is -0.340 e. The molecule has 0 aliphatic carbocycles. The van der Waals surface area contributed by atoms with E-state index in [1.165, 1.54) is 4.88 Å². The lowest BCUT2D eigenvalue weighted by Crippen LogP contribution is -2.56. The van der Waals surface area contributed by atoms with Crippen molar-refractivity contribution in [1.29, 1.82) is 0 Å². The molecule has 1 aliphatic heterocycles. The lowest BCUT2D eigenvalue weighted by molar-refractivity contribution is -0.136. The molecule has 0 spiro atoms. The highest BCUT2D eigenvalue weighted by Crippen LogP contribution is 2.14. The second-order valence-electron chi connectivity index (χ2n) is 7.70. The van der Waals surface area contributed by atoms with Gasteiger partial charge >= 0.3 is 0 Å². The minimum atomic E-state index is -0.532. The summed E-state index contributed by atoms with van der Waals surface area (Å²) in [6.45, 7) is 8.07. The molecular formula is C22H28ClN3O2S. The Morgan fingerprint density at radius 1 is 1.10 bits per heavy atom. The molecule has 1 atom stereocenters. The Morgan fingerprint density at radius 2 is 1.79 bits per heavy atom. The third kappa shape index (κ3) is 6.04. The van der Waals surface area contributed by atoms with E-state index in [0.717, 1.165) is 26.1 Å². The number of hydrogen-bond donors (Lipinski definition) is 1. The monoisotopic (exact) mass is 433 g/mol. The van der Waals surface area contributed by atoms with Crippen LogP contribution in [-0.2, 0) is 11.2 Å². The SMILES string of the molecule is CC(C)C(NC(=O)c1ccc(Cl)cc1)C(=O)N1CCN(CCc2cccs2)CC1. The third-order valence-electron chi connectivity index (χ3n) is 5.26. The number of carbonyl (C=O) groups excluding carboxylic acids is 2. The number of amides is 2. The molecule has 1 aromatic heterocycles. The third-order valence-corrected chi connectivity index (χ3v) is 6.45. The van der Waals surface area contributed by atoms with Gasteiger partial charge in [-0.15, -0.1) is 11.3 Å². The molecule has 1 aliphatic rings. The van der Waals surface area contributed by atoms with Crippen LogP contribution in [0.2, 0.25) is 5.02 Å². The average Bonchev–Trinajstić information content (AvgIpc) is 3.24. The van der Waals surface area contributed by atoms with Crippen molar-refractivity contribution < 1.29 is 9.59 Å². The number of nitrogens with zero attached hydrogens (tertiary/aromatic N) is 2. The molecule has 1 saturated heterocycles. The zero-order chi connectivity index (χ0) is 20.8. The molecule has 0 radical (unpaired) electrons. The van der Waals surface area contributed by atoms with Gasteiger partial charge in [-0.3, -0.25) is 14.5 Å². The van der Waals surface area contributed by atoms with Crippen LogP contribution in [0, 0.1) is 5.92 Å². The van der Waals surface area contributed by atoms with Gasteiger partial charge in [0, 0.05) is 48.2 Å². The van der Waals surface area contributed by atoms with Crippen molar-refractivity contribution in [2.45, 2.75) is 26.3 Å². The summed E-state index contributed by atoms with van der Waals surface area (Å²) in [4.78, 5) is 31.3. The maximum Gasteiger partial charge on any atom is 0.251 e. The molecule has 2 aromatic rings. The van der Waals surface area contributed by atoms with Crippen LogP contribution in [0.5, 0.6) is 0 Å². The summed E-state index contributed by atoms with van der Waals surface area (Å²) in [7, 11) is 0. The summed E-state index contributed by atoms with van der Waals surface area (Å²) in [5, 5.41) is 5.60. The molecule has 1 aromatic carbocycles. The van der Waals surface area contributed by atoms with Gasteiger partial charge in [0.15, 0.2) is 0 Å². The fourth-order valence-corrected chi connectivity index (χ4v) is 4.28. The Balaban J connectivity index is 1.52. The van der Waals surface area contributed by atoms with Crippen LogP contribution < -0.4 is 5.32 Å². The number of halogens is 1. The van der Waals surface area contributed by atoms with Gasteiger partial charge in [-0.25, -0.2) is 0 Å². The van der Waals surface area contributed by atoms with Crippen molar-refractivity contribution in [2.75, 3.05) is 32.7 Å². The van der Waals surface area contributed by atoms with Gasteiger partial charge in [0.2, 0.25) is 5.91 Å². The zero-order valence-electron chi connectivity index (χ0n) is 16.9. The van der Waals surface area contributed by atoms with Gasteiger partial charge in [-0.1, -0.05) is 31.5 Å². The van der Waals surface area contributed by atoms with E-state index in [1.54, 1.807) is 35.6 Å². The molecule has 3 rings (SSSR count). The van der Waals surface area contributed by atoms with Crippen LogP contribution in [0.15, 0.2) is 41.8 Å². The Bertz CT molecular complexity index is 800. The number of rotatable bonds is 7. The van der Waals surface area contributed by atoms with Crippen LogP contribution in [-0.4, -0.2) is 60.4 Å². The molecule has 0 bridgehead atoms. The van der Waals surface area contributed by atoms with E-state index in [4.69, 9.17) is 11.6 Å². The standard InChI is InChI=1S/C22H28ClN3O2S/c1-16(2)20(24-21(27)17-5-7-18(23)8-6-17)22(28)26-13-11-25(12-14-26)10-9-19-4-3-15-29-19/h3-8,15-16,20H,9-14H2,1-2H3,(H,24,27). The molecule has 7 heteroatoms. The smallest absolute Gasteiger partial charge is 0.251 e. The highest BCUT2D eigenvalue weighted by molar-refractivity contribution is 7.09. The van der Waals surface area contributed by atoms with Gasteiger partial charge in [-0.2, -0.15) is 0 Å². The van der Waals surface area contributed by atoms with E-state index >= 15 is 0 Å². The van der Waals surface area contributed by atoms with Crippen LogP contribution in [0.4, 0.5) is 0 Å². The molecule has 5 nitrogen and oxygen atoms in total. The predicted molar refractivity (Wildman–Crippen MR) is 119 cm³/mol. The molecule has 1 unspecified atom stereocenters. The van der Waals surface area contributed by atoms with Gasteiger partial charge in [0.25, 0.3) is 5.91 Å². The largest absolute Gasteiger partial charge is 0.340 e. The lowest BCUT2D eigenvalue weighted by atomic mass is 10.0. The quantitative estimate of drug-likeness (QED) is 0.726. The van der Waals surface area contributed by atoms with Crippen molar-refractivity contribution in [3.63, 3.8) is 0 Å². The lowest BCUT2D eigenvalue weighted by Gasteiger charge is -2.37. The molecule has 156 valence electrons. The summed E-state index contributed by atoms with van der Waals surface area (Å²) < 4.78 is 0. The fourth-order valence-electron chi connectivity index (χ4n) is 3.45. The second-order valence-corrected chi connectivity index (χ2v) is 9.17. The van der Waals surface area contributed by atoms with E-state index in [2.05, 4.69) is 27.7 Å². The first-order valence-electron chi connectivity index (χ1n) is 10.0. The first-order chi connectivity index (χ1) is 13.9. The summed E-state index contributed by atoms with van der Waals surface area (Å²) >= 11 is 7.68. The van der Waals surface area contributed by atoms with Crippen molar-refractivity contribution >= 4 is 34.8 Å². The Kier molecular flexibility index (Phi) is 7.70. The van der Waals surface area contributed by atoms with E-state index in [1.807, 2.05) is 18.7 Å². The second kappa shape index (κ2) is 10.2. The van der Waals surface area contributed by atoms with Crippen molar-refractivity contribution in [3.05, 3.63) is 57.2 Å². The van der Waals surface area contributed by atoms with E-state index in [-0.39, 0.29) is 17.7 Å². The normalized spacial score (nSPS) is 16.1. The highest BCUT2D eigenvalue weighted by atomic mass is 35.5. The molecule has 1 fully saturated rings. The van der Waals surface area contributed by atoms with E-state index in [9.17, 15) is 9.59 Å². The summed E-state index contributed by atoms with van der Waals surface area (Å²) in [6, 6.07) is 10.4. The summed E-state index contributed by atoms with van der Waals surface area (Å²) in [5.41, 5.74) is 0.506. The van der Waals surface area contributed by atoms with Crippen molar-refractivity contribution in [2.24, 2.45) is 5.92 Å². The Hall–Kier alpha value is -1.89. The number of carbonyl (C=O) groups is 2. The number of benzene rings is 1. The average molecular weight is 434 g/mol. The number of nitrogens with one attached hydrogen (secondary N) is 1. The van der Waals surface area contributed by atoms with Crippen LogP contribution in [0.1, 0.15) is 29.1 Å². The van der Waals surface area contributed by atoms with Gasteiger partial charge < -0.3 is 10.2 Å². The van der Waals surface area contributed by atoms with E-state index < -0.39 is 6.04 Å². The minimum absolute atomic E-state index is 0.000204. The highest BCUT2D eigenvalue weighted by Gasteiger charge is 2.30.